The van der Waals surface area contributed by atoms with E-state index in [4.69, 9.17) is 17.0 Å². The summed E-state index contributed by atoms with van der Waals surface area (Å²) in [6.07, 6.45) is 0. The van der Waals surface area contributed by atoms with Crippen molar-refractivity contribution in [1.29, 1.82) is 0 Å². The van der Waals surface area contributed by atoms with Crippen molar-refractivity contribution in [2.45, 2.75) is 12.6 Å². The Labute approximate surface area is 154 Å². The lowest BCUT2D eigenvalue weighted by molar-refractivity contribution is 0.298. The molecule has 25 heavy (non-hydrogen) atoms. The molecule has 0 aromatic heterocycles. The highest BCUT2D eigenvalue weighted by molar-refractivity contribution is 7.80. The zero-order valence-corrected chi connectivity index (χ0v) is 15.6. The maximum Gasteiger partial charge on any atom is 0.166 e. The fourth-order valence-corrected chi connectivity index (χ4v) is 2.62. The Kier molecular flexibility index (Phi) is 7.16. The number of hydrogen-bond acceptors (Lipinski definition) is 3. The minimum atomic E-state index is -0.238. The first-order valence-electron chi connectivity index (χ1n) is 8.06. The molecule has 0 aliphatic rings. The summed E-state index contributed by atoms with van der Waals surface area (Å²) in [4.78, 5) is 2.14. The van der Waals surface area contributed by atoms with Gasteiger partial charge in [0, 0.05) is 13.1 Å². The van der Waals surface area contributed by atoms with Gasteiger partial charge in [-0.25, -0.2) is 4.39 Å². The Hall–Kier alpha value is -2.18. The smallest absolute Gasteiger partial charge is 0.166 e. The standard InChI is InChI=1S/C19H24FN3OS/c1-23(2)18(15-6-10-17(24-3)11-7-15)13-22-19(25)21-12-14-4-8-16(20)9-5-14/h4-11,18H,12-13H2,1-3H3,(H2,21,22,25)/t18-/m0/s1. The molecule has 134 valence electrons. The topological polar surface area (TPSA) is 36.5 Å². The molecule has 4 nitrogen and oxygen atoms in total. The molecule has 0 heterocycles. The summed E-state index contributed by atoms with van der Waals surface area (Å²) < 4.78 is 18.1. The molecule has 0 radical (unpaired) electrons. The second kappa shape index (κ2) is 9.34. The molecule has 2 rings (SSSR count). The lowest BCUT2D eigenvalue weighted by Gasteiger charge is -2.26. The molecule has 0 aliphatic carbocycles. The van der Waals surface area contributed by atoms with Gasteiger partial charge in [0.05, 0.1) is 13.2 Å². The molecule has 2 aromatic carbocycles. The molecular formula is C19H24FN3OS. The molecule has 0 saturated carbocycles. The van der Waals surface area contributed by atoms with E-state index in [2.05, 4.69) is 27.7 Å². The van der Waals surface area contributed by atoms with Crippen molar-refractivity contribution in [1.82, 2.24) is 15.5 Å². The van der Waals surface area contributed by atoms with E-state index in [1.165, 1.54) is 17.7 Å². The van der Waals surface area contributed by atoms with Gasteiger partial charge >= 0.3 is 0 Å². The molecule has 0 aliphatic heterocycles. The second-order valence-corrected chi connectivity index (χ2v) is 6.35. The van der Waals surface area contributed by atoms with Crippen molar-refractivity contribution < 1.29 is 9.13 Å². The molecule has 0 unspecified atom stereocenters. The largest absolute Gasteiger partial charge is 0.497 e. The molecule has 2 aromatic rings. The Morgan fingerprint density at radius 3 is 2.28 bits per heavy atom. The summed E-state index contributed by atoms with van der Waals surface area (Å²) in [6.45, 7) is 1.23. The fraction of sp³-hybridized carbons (Fsp3) is 0.316. The molecule has 0 spiro atoms. The minimum absolute atomic E-state index is 0.177. The summed E-state index contributed by atoms with van der Waals surface area (Å²) in [5.41, 5.74) is 2.16. The molecule has 0 amide bonds. The van der Waals surface area contributed by atoms with Gasteiger partial charge in [0.25, 0.3) is 0 Å². The van der Waals surface area contributed by atoms with Crippen molar-refractivity contribution in [2.75, 3.05) is 27.7 Å². The number of likely N-dealkylation sites (N-methyl/N-ethyl adjacent to an activating group) is 1. The summed E-state index contributed by atoms with van der Waals surface area (Å²) >= 11 is 5.34. The Balaban J connectivity index is 1.87. The monoisotopic (exact) mass is 361 g/mol. The maximum atomic E-state index is 12.9. The number of benzene rings is 2. The van der Waals surface area contributed by atoms with E-state index < -0.39 is 0 Å². The van der Waals surface area contributed by atoms with E-state index in [1.807, 2.05) is 26.2 Å². The van der Waals surface area contributed by atoms with Crippen LogP contribution in [0.15, 0.2) is 48.5 Å². The van der Waals surface area contributed by atoms with E-state index in [0.717, 1.165) is 11.3 Å². The van der Waals surface area contributed by atoms with Crippen molar-refractivity contribution >= 4 is 17.3 Å². The van der Waals surface area contributed by atoms with Crippen LogP contribution in [0.1, 0.15) is 17.2 Å². The highest BCUT2D eigenvalue weighted by Crippen LogP contribution is 2.20. The summed E-state index contributed by atoms with van der Waals surface area (Å²) in [5.74, 6) is 0.600. The van der Waals surface area contributed by atoms with Gasteiger partial charge in [-0.15, -0.1) is 0 Å². The first-order chi connectivity index (χ1) is 12.0. The van der Waals surface area contributed by atoms with Gasteiger partial charge in [-0.1, -0.05) is 24.3 Å². The number of halogens is 1. The van der Waals surface area contributed by atoms with Crippen LogP contribution in [0.3, 0.4) is 0 Å². The summed E-state index contributed by atoms with van der Waals surface area (Å²) in [6, 6.07) is 14.6. The molecule has 6 heteroatoms. The van der Waals surface area contributed by atoms with Crippen molar-refractivity contribution in [3.8, 4) is 5.75 Å². The maximum absolute atomic E-state index is 12.9. The van der Waals surface area contributed by atoms with Crippen LogP contribution in [0, 0.1) is 5.82 Å². The molecular weight excluding hydrogens is 337 g/mol. The van der Waals surface area contributed by atoms with Crippen LogP contribution in [0.2, 0.25) is 0 Å². The number of methoxy groups -OCH3 is 1. The van der Waals surface area contributed by atoms with Crippen molar-refractivity contribution in [2.24, 2.45) is 0 Å². The van der Waals surface area contributed by atoms with E-state index in [9.17, 15) is 4.39 Å². The van der Waals surface area contributed by atoms with Gasteiger partial charge < -0.3 is 20.3 Å². The Morgan fingerprint density at radius 2 is 1.72 bits per heavy atom. The Bertz CT molecular complexity index is 674. The first kappa shape index (κ1) is 19.1. The predicted octanol–water partition coefficient (Wildman–Crippen LogP) is 3.10. The summed E-state index contributed by atoms with van der Waals surface area (Å²) in [7, 11) is 5.72. The number of nitrogens with one attached hydrogen (secondary N) is 2. The number of rotatable bonds is 7. The average molecular weight is 361 g/mol. The van der Waals surface area contributed by atoms with E-state index >= 15 is 0 Å². The third kappa shape index (κ3) is 5.99. The molecule has 0 saturated heterocycles. The third-order valence-electron chi connectivity index (χ3n) is 3.95. The summed E-state index contributed by atoms with van der Waals surface area (Å²) in [5, 5.41) is 6.96. The van der Waals surface area contributed by atoms with Gasteiger partial charge in [0.2, 0.25) is 0 Å². The van der Waals surface area contributed by atoms with Crippen LogP contribution in [-0.2, 0) is 6.54 Å². The minimum Gasteiger partial charge on any atom is -0.497 e. The Morgan fingerprint density at radius 1 is 1.08 bits per heavy atom. The molecule has 2 N–H and O–H groups in total. The van der Waals surface area contributed by atoms with Crippen molar-refractivity contribution in [3.63, 3.8) is 0 Å². The third-order valence-corrected chi connectivity index (χ3v) is 4.23. The average Bonchev–Trinajstić information content (AvgIpc) is 2.61. The van der Waals surface area contributed by atoms with Gasteiger partial charge in [0.15, 0.2) is 5.11 Å². The lowest BCUT2D eigenvalue weighted by Crippen LogP contribution is -2.40. The van der Waals surface area contributed by atoms with E-state index in [1.54, 1.807) is 19.2 Å². The number of ether oxygens (including phenoxy) is 1. The van der Waals surface area contributed by atoms with Gasteiger partial charge in [0.1, 0.15) is 11.6 Å². The molecule has 0 bridgehead atoms. The van der Waals surface area contributed by atoms with Crippen LogP contribution < -0.4 is 15.4 Å². The van der Waals surface area contributed by atoms with Crippen LogP contribution >= 0.6 is 12.2 Å². The second-order valence-electron chi connectivity index (χ2n) is 5.94. The highest BCUT2D eigenvalue weighted by atomic mass is 32.1. The van der Waals surface area contributed by atoms with E-state index in [0.29, 0.717) is 18.2 Å². The number of thiocarbonyl (C=S) groups is 1. The quantitative estimate of drug-likeness (QED) is 0.741. The van der Waals surface area contributed by atoms with Gasteiger partial charge in [-0.3, -0.25) is 0 Å². The molecule has 0 fully saturated rings. The zero-order valence-electron chi connectivity index (χ0n) is 14.8. The van der Waals surface area contributed by atoms with Crippen LogP contribution in [0.25, 0.3) is 0 Å². The normalized spacial score (nSPS) is 11.9. The number of hydrogen-bond donors (Lipinski definition) is 2. The highest BCUT2D eigenvalue weighted by Gasteiger charge is 2.14. The van der Waals surface area contributed by atoms with Crippen LogP contribution in [-0.4, -0.2) is 37.8 Å². The van der Waals surface area contributed by atoms with Crippen LogP contribution in [0.4, 0.5) is 4.39 Å². The van der Waals surface area contributed by atoms with Crippen LogP contribution in [0.5, 0.6) is 5.75 Å². The zero-order chi connectivity index (χ0) is 18.2. The lowest BCUT2D eigenvalue weighted by atomic mass is 10.1. The predicted molar refractivity (Wildman–Crippen MR) is 103 cm³/mol. The van der Waals surface area contributed by atoms with Crippen molar-refractivity contribution in [3.05, 3.63) is 65.5 Å². The fourth-order valence-electron chi connectivity index (χ4n) is 2.46. The van der Waals surface area contributed by atoms with Gasteiger partial charge in [-0.05, 0) is 61.7 Å². The first-order valence-corrected chi connectivity index (χ1v) is 8.47. The number of nitrogens with zero attached hydrogens (tertiary/aromatic N) is 1. The SMILES string of the molecule is COc1ccc([C@H](CNC(=S)NCc2ccc(F)cc2)N(C)C)cc1. The molecule has 1 atom stereocenters. The van der Waals surface area contributed by atoms with E-state index in [-0.39, 0.29) is 11.9 Å². The van der Waals surface area contributed by atoms with Gasteiger partial charge in [-0.2, -0.15) is 0 Å².